The van der Waals surface area contributed by atoms with Crippen molar-refractivity contribution >= 4 is 28.4 Å². The Kier molecular flexibility index (Phi) is 5.43. The molecule has 2 aromatic carbocycles. The van der Waals surface area contributed by atoms with Gasteiger partial charge in [-0.2, -0.15) is 0 Å². The second-order valence-electron chi connectivity index (χ2n) is 7.36. The standard InChI is InChI=1S/C23H21ClO6/c1-3-28-14-4-5-16(20(10-14)29-15-8-13(9-15)12(2)25)21-11-19(27)22-18(26)7-6-17(24)23(22)30-21/h4-7,10-11,13,15,26H,3,8-9H2,1-2H3. The number of fused-ring (bicyclic) bond motifs is 1. The molecule has 3 aromatic rings. The van der Waals surface area contributed by atoms with Crippen LogP contribution in [0.15, 0.2) is 45.6 Å². The molecule has 6 nitrogen and oxygen atoms in total. The zero-order valence-corrected chi connectivity index (χ0v) is 17.4. The van der Waals surface area contributed by atoms with Gasteiger partial charge in [0.05, 0.1) is 17.2 Å². The van der Waals surface area contributed by atoms with Gasteiger partial charge in [0.1, 0.15) is 40.3 Å². The van der Waals surface area contributed by atoms with Gasteiger partial charge in [0.25, 0.3) is 0 Å². The van der Waals surface area contributed by atoms with E-state index in [1.54, 1.807) is 25.1 Å². The van der Waals surface area contributed by atoms with Gasteiger partial charge in [0, 0.05) is 18.1 Å². The minimum absolute atomic E-state index is 0.0221. The fraction of sp³-hybridized carbons (Fsp3) is 0.304. The summed E-state index contributed by atoms with van der Waals surface area (Å²) in [4.78, 5) is 24.2. The molecule has 0 atom stereocenters. The van der Waals surface area contributed by atoms with Crippen molar-refractivity contribution in [1.82, 2.24) is 0 Å². The van der Waals surface area contributed by atoms with Crippen LogP contribution in [0.25, 0.3) is 22.3 Å². The molecule has 0 saturated heterocycles. The highest BCUT2D eigenvalue weighted by molar-refractivity contribution is 6.35. The number of hydrogen-bond donors (Lipinski definition) is 1. The lowest BCUT2D eigenvalue weighted by molar-refractivity contribution is -0.126. The maximum atomic E-state index is 12.7. The molecule has 1 saturated carbocycles. The number of halogens is 1. The maximum absolute atomic E-state index is 12.7. The first kappa shape index (κ1) is 20.3. The Morgan fingerprint density at radius 3 is 2.70 bits per heavy atom. The number of Topliss-reactive ketones (excluding diaryl/α,β-unsaturated/α-hetero) is 1. The van der Waals surface area contributed by atoms with Crippen LogP contribution in [0.2, 0.25) is 5.02 Å². The van der Waals surface area contributed by atoms with E-state index >= 15 is 0 Å². The summed E-state index contributed by atoms with van der Waals surface area (Å²) in [6.45, 7) is 3.97. The van der Waals surface area contributed by atoms with Gasteiger partial charge in [-0.15, -0.1) is 0 Å². The van der Waals surface area contributed by atoms with Crippen LogP contribution in [0.3, 0.4) is 0 Å². The molecule has 0 bridgehead atoms. The molecule has 1 aromatic heterocycles. The van der Waals surface area contributed by atoms with Crippen molar-refractivity contribution in [2.75, 3.05) is 6.61 Å². The first-order valence-corrected chi connectivity index (χ1v) is 10.1. The van der Waals surface area contributed by atoms with Gasteiger partial charge >= 0.3 is 0 Å². The highest BCUT2D eigenvalue weighted by Crippen LogP contribution is 2.40. The minimum atomic E-state index is -0.411. The van der Waals surface area contributed by atoms with Crippen molar-refractivity contribution in [3.63, 3.8) is 0 Å². The Labute approximate surface area is 178 Å². The van der Waals surface area contributed by atoms with E-state index in [0.29, 0.717) is 36.5 Å². The number of benzene rings is 2. The number of phenolic OH excluding ortho intramolecular Hbond substituents is 1. The monoisotopic (exact) mass is 428 g/mol. The highest BCUT2D eigenvalue weighted by Gasteiger charge is 2.34. The molecular formula is C23H21ClO6. The van der Waals surface area contributed by atoms with Crippen LogP contribution < -0.4 is 14.9 Å². The zero-order valence-electron chi connectivity index (χ0n) is 16.6. The summed E-state index contributed by atoms with van der Waals surface area (Å²) in [5.41, 5.74) is 0.258. The average molecular weight is 429 g/mol. The molecule has 0 amide bonds. The Morgan fingerprint density at radius 1 is 1.23 bits per heavy atom. The van der Waals surface area contributed by atoms with Gasteiger partial charge in [0.2, 0.25) is 0 Å². The molecule has 1 fully saturated rings. The Balaban J connectivity index is 1.77. The number of ether oxygens (including phenoxy) is 2. The zero-order chi connectivity index (χ0) is 21.4. The summed E-state index contributed by atoms with van der Waals surface area (Å²) in [6.07, 6.45) is 1.19. The maximum Gasteiger partial charge on any atom is 0.197 e. The van der Waals surface area contributed by atoms with E-state index in [4.69, 9.17) is 25.5 Å². The first-order valence-electron chi connectivity index (χ1n) is 9.77. The Morgan fingerprint density at radius 2 is 2.00 bits per heavy atom. The third kappa shape index (κ3) is 3.75. The lowest BCUT2D eigenvalue weighted by Gasteiger charge is -2.34. The summed E-state index contributed by atoms with van der Waals surface area (Å²) >= 11 is 6.20. The van der Waals surface area contributed by atoms with E-state index in [2.05, 4.69) is 0 Å². The van der Waals surface area contributed by atoms with E-state index in [1.165, 1.54) is 18.2 Å². The van der Waals surface area contributed by atoms with Crippen molar-refractivity contribution in [3.8, 4) is 28.6 Å². The molecule has 1 aliphatic rings. The van der Waals surface area contributed by atoms with E-state index in [9.17, 15) is 14.7 Å². The van der Waals surface area contributed by atoms with E-state index in [0.717, 1.165) is 0 Å². The van der Waals surface area contributed by atoms with Gasteiger partial charge in [-0.1, -0.05) is 11.6 Å². The lowest BCUT2D eigenvalue weighted by Crippen LogP contribution is -2.37. The Hall–Kier alpha value is -2.99. The van der Waals surface area contributed by atoms with Crippen LogP contribution in [0, 0.1) is 5.92 Å². The molecule has 30 heavy (non-hydrogen) atoms. The summed E-state index contributed by atoms with van der Waals surface area (Å²) < 4.78 is 17.6. The fourth-order valence-electron chi connectivity index (χ4n) is 3.58. The topological polar surface area (TPSA) is 86.0 Å². The van der Waals surface area contributed by atoms with Crippen LogP contribution >= 0.6 is 11.6 Å². The normalized spacial score (nSPS) is 18.1. The summed E-state index contributed by atoms with van der Waals surface area (Å²) in [6, 6.07) is 9.39. The predicted molar refractivity (Wildman–Crippen MR) is 114 cm³/mol. The summed E-state index contributed by atoms with van der Waals surface area (Å²) in [5, 5.41) is 10.3. The molecular weight excluding hydrogens is 408 g/mol. The number of ketones is 1. The van der Waals surface area contributed by atoms with Gasteiger partial charge in [-0.25, -0.2) is 0 Å². The first-order chi connectivity index (χ1) is 14.4. The number of hydrogen-bond acceptors (Lipinski definition) is 6. The number of aromatic hydroxyl groups is 1. The summed E-state index contributed by atoms with van der Waals surface area (Å²) in [5.74, 6) is 1.37. The molecule has 1 aliphatic carbocycles. The number of carbonyl (C=O) groups excluding carboxylic acids is 1. The lowest BCUT2D eigenvalue weighted by atomic mass is 9.80. The molecule has 0 unspecified atom stereocenters. The molecule has 4 rings (SSSR count). The predicted octanol–water partition coefficient (Wildman–Crippen LogP) is 4.96. The van der Waals surface area contributed by atoms with E-state index < -0.39 is 5.43 Å². The fourth-order valence-corrected chi connectivity index (χ4v) is 3.78. The molecule has 1 heterocycles. The van der Waals surface area contributed by atoms with Crippen LogP contribution in [-0.4, -0.2) is 23.6 Å². The van der Waals surface area contributed by atoms with E-state index in [1.807, 2.05) is 6.92 Å². The van der Waals surface area contributed by atoms with Crippen LogP contribution in [0.1, 0.15) is 26.7 Å². The number of rotatable bonds is 6. The van der Waals surface area contributed by atoms with Crippen molar-refractivity contribution < 1.29 is 23.8 Å². The number of phenols is 1. The second kappa shape index (κ2) is 8.03. The average Bonchev–Trinajstić information content (AvgIpc) is 2.67. The molecule has 156 valence electrons. The van der Waals surface area contributed by atoms with Crippen LogP contribution in [0.5, 0.6) is 17.2 Å². The largest absolute Gasteiger partial charge is 0.507 e. The molecule has 0 radical (unpaired) electrons. The SMILES string of the molecule is CCOc1ccc(-c2cc(=O)c3c(O)ccc(Cl)c3o2)c(OC2CC(C(C)=O)C2)c1. The van der Waals surface area contributed by atoms with Crippen LogP contribution in [0.4, 0.5) is 0 Å². The Bertz CT molecular complexity index is 1180. The highest BCUT2D eigenvalue weighted by atomic mass is 35.5. The molecule has 0 aliphatic heterocycles. The van der Waals surface area contributed by atoms with Gasteiger partial charge in [0.15, 0.2) is 11.0 Å². The van der Waals surface area contributed by atoms with Gasteiger partial charge in [-0.05, 0) is 51.0 Å². The molecule has 7 heteroatoms. The van der Waals surface area contributed by atoms with Crippen molar-refractivity contribution in [3.05, 3.63) is 51.6 Å². The van der Waals surface area contributed by atoms with Crippen molar-refractivity contribution in [1.29, 1.82) is 0 Å². The van der Waals surface area contributed by atoms with Crippen molar-refractivity contribution in [2.24, 2.45) is 5.92 Å². The summed E-state index contributed by atoms with van der Waals surface area (Å²) in [7, 11) is 0. The van der Waals surface area contributed by atoms with Gasteiger partial charge in [-0.3, -0.25) is 9.59 Å². The third-order valence-corrected chi connectivity index (χ3v) is 5.60. The molecule has 0 spiro atoms. The minimum Gasteiger partial charge on any atom is -0.507 e. The number of carbonyl (C=O) groups is 1. The molecule has 1 N–H and O–H groups in total. The quantitative estimate of drug-likeness (QED) is 0.597. The van der Waals surface area contributed by atoms with Crippen molar-refractivity contribution in [2.45, 2.75) is 32.8 Å². The van der Waals surface area contributed by atoms with Crippen LogP contribution in [-0.2, 0) is 4.79 Å². The smallest absolute Gasteiger partial charge is 0.197 e. The van der Waals surface area contributed by atoms with E-state index in [-0.39, 0.29) is 45.3 Å². The van der Waals surface area contributed by atoms with Gasteiger partial charge < -0.3 is 19.0 Å². The second-order valence-corrected chi connectivity index (χ2v) is 7.76. The third-order valence-electron chi connectivity index (χ3n) is 5.30.